The molecule has 0 radical (unpaired) electrons. The van der Waals surface area contributed by atoms with Gasteiger partial charge >= 0.3 is 0 Å². The molecule has 27 heavy (non-hydrogen) atoms. The molecule has 0 aliphatic carbocycles. The number of aromatic nitrogens is 3. The third-order valence-electron chi connectivity index (χ3n) is 3.56. The van der Waals surface area contributed by atoms with Gasteiger partial charge in [-0.3, -0.25) is 5.10 Å². The number of primary sulfonamides is 1. The van der Waals surface area contributed by atoms with E-state index in [-0.39, 0.29) is 4.90 Å². The van der Waals surface area contributed by atoms with Gasteiger partial charge in [0.05, 0.1) is 18.6 Å². The summed E-state index contributed by atoms with van der Waals surface area (Å²) in [6.07, 6.45) is 0. The summed E-state index contributed by atoms with van der Waals surface area (Å²) < 4.78 is 33.1. The van der Waals surface area contributed by atoms with E-state index in [2.05, 4.69) is 15.2 Å². The van der Waals surface area contributed by atoms with Crippen LogP contribution in [0.3, 0.4) is 0 Å². The highest BCUT2D eigenvalue weighted by atomic mass is 32.2. The molecular formula is C17H18N4O4S2. The van der Waals surface area contributed by atoms with Crippen LogP contribution in [0.25, 0.3) is 11.4 Å². The Balaban J connectivity index is 1.49. The zero-order valence-electron chi connectivity index (χ0n) is 14.5. The Bertz CT molecular complexity index is 987. The molecule has 0 saturated heterocycles. The summed E-state index contributed by atoms with van der Waals surface area (Å²) in [5.41, 5.74) is 0.918. The maximum atomic E-state index is 11.2. The highest BCUT2D eigenvalue weighted by molar-refractivity contribution is 7.99. The average Bonchev–Trinajstić information content (AvgIpc) is 3.14. The number of sulfonamides is 1. The van der Waals surface area contributed by atoms with Crippen molar-refractivity contribution in [2.45, 2.75) is 10.1 Å². The zero-order chi connectivity index (χ0) is 19.3. The lowest BCUT2D eigenvalue weighted by atomic mass is 10.2. The van der Waals surface area contributed by atoms with Gasteiger partial charge in [0.25, 0.3) is 0 Å². The quantitative estimate of drug-likeness (QED) is 0.435. The van der Waals surface area contributed by atoms with Crippen LogP contribution in [0.2, 0.25) is 0 Å². The van der Waals surface area contributed by atoms with Gasteiger partial charge in [-0.2, -0.15) is 0 Å². The fourth-order valence-electron chi connectivity index (χ4n) is 2.21. The Morgan fingerprint density at radius 3 is 2.37 bits per heavy atom. The van der Waals surface area contributed by atoms with Crippen LogP contribution >= 0.6 is 11.8 Å². The summed E-state index contributed by atoms with van der Waals surface area (Å²) in [5.74, 6) is 2.66. The van der Waals surface area contributed by atoms with E-state index in [0.29, 0.717) is 29.1 Å². The van der Waals surface area contributed by atoms with Crippen LogP contribution in [0.15, 0.2) is 58.6 Å². The monoisotopic (exact) mass is 406 g/mol. The number of benzene rings is 2. The predicted octanol–water partition coefficient (Wildman–Crippen LogP) is 2.30. The summed E-state index contributed by atoms with van der Waals surface area (Å²) in [6.45, 7) is 0.422. The highest BCUT2D eigenvalue weighted by Crippen LogP contribution is 2.22. The number of nitrogens with zero attached hydrogens (tertiary/aromatic N) is 2. The number of H-pyrrole nitrogens is 1. The number of thioether (sulfide) groups is 1. The summed E-state index contributed by atoms with van der Waals surface area (Å²) in [5, 5.41) is 12.8. The second-order valence-corrected chi connectivity index (χ2v) is 8.03. The molecule has 1 heterocycles. The molecule has 0 bridgehead atoms. The molecule has 0 unspecified atom stereocenters. The number of nitrogens with two attached hydrogens (primary N) is 1. The summed E-state index contributed by atoms with van der Waals surface area (Å²) >= 11 is 1.45. The van der Waals surface area contributed by atoms with Gasteiger partial charge in [-0.1, -0.05) is 11.8 Å². The van der Waals surface area contributed by atoms with Gasteiger partial charge in [0, 0.05) is 11.3 Å². The van der Waals surface area contributed by atoms with Crippen LogP contribution in [0.4, 0.5) is 0 Å². The molecule has 0 aliphatic rings. The summed E-state index contributed by atoms with van der Waals surface area (Å²) in [4.78, 5) is 4.49. The van der Waals surface area contributed by atoms with Crippen LogP contribution < -0.4 is 14.6 Å². The molecule has 2 aromatic carbocycles. The first-order valence-corrected chi connectivity index (χ1v) is 10.4. The number of nitrogens with one attached hydrogen (secondary N) is 1. The minimum absolute atomic E-state index is 0.0519. The first-order valence-electron chi connectivity index (χ1n) is 7.91. The van der Waals surface area contributed by atoms with E-state index in [1.807, 2.05) is 24.3 Å². The largest absolute Gasteiger partial charge is 0.497 e. The first-order chi connectivity index (χ1) is 13.0. The van der Waals surface area contributed by atoms with Crippen molar-refractivity contribution in [1.82, 2.24) is 15.2 Å². The fourth-order valence-corrected chi connectivity index (χ4v) is 3.34. The summed E-state index contributed by atoms with van der Waals surface area (Å²) in [6, 6.07) is 13.5. The molecule has 0 saturated carbocycles. The maximum Gasteiger partial charge on any atom is 0.238 e. The van der Waals surface area contributed by atoms with E-state index in [1.54, 1.807) is 19.2 Å². The third-order valence-corrected chi connectivity index (χ3v) is 5.30. The van der Waals surface area contributed by atoms with Crippen molar-refractivity contribution in [2.24, 2.45) is 5.14 Å². The van der Waals surface area contributed by atoms with Crippen LogP contribution in [0.1, 0.15) is 0 Å². The van der Waals surface area contributed by atoms with E-state index < -0.39 is 10.0 Å². The molecule has 1 aromatic heterocycles. The van der Waals surface area contributed by atoms with Crippen LogP contribution in [-0.4, -0.2) is 43.1 Å². The molecule has 0 atom stereocenters. The van der Waals surface area contributed by atoms with Gasteiger partial charge in [-0.15, -0.1) is 5.10 Å². The standard InChI is InChI=1S/C17H18N4O4S2/c1-24-13-4-2-12(3-5-13)16-19-17(21-20-16)26-11-10-25-14-6-8-15(9-7-14)27(18,22)23/h2-9H,10-11H2,1H3,(H2,18,22,23)(H,19,20,21). The van der Waals surface area contributed by atoms with Gasteiger partial charge in [0.1, 0.15) is 11.5 Å². The third kappa shape index (κ3) is 5.22. The van der Waals surface area contributed by atoms with Gasteiger partial charge in [-0.05, 0) is 48.5 Å². The van der Waals surface area contributed by atoms with Crippen molar-refractivity contribution in [3.8, 4) is 22.9 Å². The average molecular weight is 406 g/mol. The second kappa shape index (κ2) is 8.42. The summed E-state index contributed by atoms with van der Waals surface area (Å²) in [7, 11) is -2.07. The normalized spacial score (nSPS) is 11.3. The molecule has 142 valence electrons. The number of hydrogen-bond acceptors (Lipinski definition) is 7. The molecule has 3 rings (SSSR count). The lowest BCUT2D eigenvalue weighted by molar-refractivity contribution is 0.343. The molecule has 3 N–H and O–H groups in total. The minimum atomic E-state index is -3.69. The van der Waals surface area contributed by atoms with Gasteiger partial charge in [-0.25, -0.2) is 18.5 Å². The molecule has 3 aromatic rings. The van der Waals surface area contributed by atoms with Crippen LogP contribution in [-0.2, 0) is 10.0 Å². The number of hydrogen-bond donors (Lipinski definition) is 2. The van der Waals surface area contributed by atoms with E-state index in [4.69, 9.17) is 14.6 Å². The van der Waals surface area contributed by atoms with Gasteiger partial charge in [0.2, 0.25) is 15.2 Å². The Labute approximate surface area is 161 Å². The Morgan fingerprint density at radius 2 is 1.74 bits per heavy atom. The number of methoxy groups -OCH3 is 1. The molecular weight excluding hydrogens is 388 g/mol. The Hall–Kier alpha value is -2.56. The first kappa shape index (κ1) is 19.2. The molecule has 8 nitrogen and oxygen atoms in total. The lowest BCUT2D eigenvalue weighted by Gasteiger charge is -2.05. The van der Waals surface area contributed by atoms with Crippen molar-refractivity contribution in [3.63, 3.8) is 0 Å². The van der Waals surface area contributed by atoms with Gasteiger partial charge < -0.3 is 9.47 Å². The second-order valence-electron chi connectivity index (χ2n) is 5.41. The van der Waals surface area contributed by atoms with Crippen LogP contribution in [0, 0.1) is 0 Å². The molecule has 0 fully saturated rings. The van der Waals surface area contributed by atoms with E-state index >= 15 is 0 Å². The number of ether oxygens (including phenoxy) is 2. The molecule has 10 heteroatoms. The smallest absolute Gasteiger partial charge is 0.238 e. The van der Waals surface area contributed by atoms with Crippen LogP contribution in [0.5, 0.6) is 11.5 Å². The zero-order valence-corrected chi connectivity index (χ0v) is 16.1. The SMILES string of the molecule is COc1ccc(-c2nc(SCCOc3ccc(S(N)(=O)=O)cc3)n[nH]2)cc1. The predicted molar refractivity (Wildman–Crippen MR) is 102 cm³/mol. The molecule has 0 amide bonds. The van der Waals surface area contributed by atoms with Crippen molar-refractivity contribution in [2.75, 3.05) is 19.5 Å². The van der Waals surface area contributed by atoms with Gasteiger partial charge in [0.15, 0.2) is 5.82 Å². The van der Waals surface area contributed by atoms with E-state index in [1.165, 1.54) is 23.9 Å². The van der Waals surface area contributed by atoms with E-state index in [9.17, 15) is 8.42 Å². The lowest BCUT2D eigenvalue weighted by Crippen LogP contribution is -2.11. The van der Waals surface area contributed by atoms with Crippen molar-refractivity contribution in [3.05, 3.63) is 48.5 Å². The van der Waals surface area contributed by atoms with Crippen molar-refractivity contribution >= 4 is 21.8 Å². The topological polar surface area (TPSA) is 120 Å². The Morgan fingerprint density at radius 1 is 1.07 bits per heavy atom. The fraction of sp³-hybridized carbons (Fsp3) is 0.176. The maximum absolute atomic E-state index is 11.2. The number of aromatic amines is 1. The Kier molecular flexibility index (Phi) is 5.99. The van der Waals surface area contributed by atoms with Crippen molar-refractivity contribution in [1.29, 1.82) is 0 Å². The highest BCUT2D eigenvalue weighted by Gasteiger charge is 2.08. The minimum Gasteiger partial charge on any atom is -0.497 e. The van der Waals surface area contributed by atoms with Crippen molar-refractivity contribution < 1.29 is 17.9 Å². The molecule has 0 aliphatic heterocycles. The number of rotatable bonds is 8. The van der Waals surface area contributed by atoms with E-state index in [0.717, 1.165) is 11.3 Å². The molecule has 0 spiro atoms.